The van der Waals surface area contributed by atoms with Gasteiger partial charge >= 0.3 is 5.97 Å². The average Bonchev–Trinajstić information content (AvgIpc) is 3.27. The summed E-state index contributed by atoms with van der Waals surface area (Å²) in [5.41, 5.74) is 0. The molecule has 0 spiro atoms. The number of hydrogen-bond acceptors (Lipinski definition) is 2. The van der Waals surface area contributed by atoms with Crippen molar-refractivity contribution in [3.8, 4) is 0 Å². The van der Waals surface area contributed by atoms with Crippen molar-refractivity contribution in [2.45, 2.75) is 83.3 Å². The lowest BCUT2D eigenvalue weighted by molar-refractivity contribution is -0.137. The third-order valence-corrected chi connectivity index (χ3v) is 3.96. The van der Waals surface area contributed by atoms with Gasteiger partial charge in [0.05, 0.1) is 12.2 Å². The second-order valence-electron chi connectivity index (χ2n) is 6.14. The summed E-state index contributed by atoms with van der Waals surface area (Å²) in [4.78, 5) is 10.3. The number of hydrogen-bond donors (Lipinski definition) is 1. The number of ether oxygens (including phenoxy) is 1. The number of aliphatic carboxylic acids is 1. The van der Waals surface area contributed by atoms with Crippen molar-refractivity contribution in [1.82, 2.24) is 0 Å². The highest BCUT2D eigenvalue weighted by Gasteiger charge is 2.36. The minimum Gasteiger partial charge on any atom is -0.481 e. The minimum atomic E-state index is -0.711. The maximum Gasteiger partial charge on any atom is 0.303 e. The minimum absolute atomic E-state index is 0.263. The molecule has 2 atom stereocenters. The van der Waals surface area contributed by atoms with Crippen LogP contribution in [0, 0.1) is 0 Å². The van der Waals surface area contributed by atoms with Gasteiger partial charge in [0.25, 0.3) is 0 Å². The monoisotopic (exact) mass is 320 g/mol. The normalized spacial score (nSPS) is 20.9. The molecule has 1 aliphatic heterocycles. The van der Waals surface area contributed by atoms with Gasteiger partial charge in [0, 0.05) is 6.42 Å². The Morgan fingerprint density at radius 3 is 2.48 bits per heavy atom. The third kappa shape index (κ3) is 11.8. The molecule has 0 aromatic heterocycles. The zero-order valence-electron chi connectivity index (χ0n) is 14.5. The van der Waals surface area contributed by atoms with Gasteiger partial charge in [-0.15, -0.1) is 0 Å². The highest BCUT2D eigenvalue weighted by molar-refractivity contribution is 5.66. The highest BCUT2D eigenvalue weighted by Crippen LogP contribution is 2.30. The molecule has 1 heterocycles. The number of allylic oxidation sites excluding steroid dienone is 5. The SMILES string of the molecule is CCCCC[C@H]1O[C@@H]1C/C=C/C=C/CC/C=C/CCCC(=O)O. The molecular weight excluding hydrogens is 288 g/mol. The van der Waals surface area contributed by atoms with E-state index >= 15 is 0 Å². The Labute approximate surface area is 141 Å². The molecule has 1 fully saturated rings. The van der Waals surface area contributed by atoms with Gasteiger partial charge in [-0.05, 0) is 38.5 Å². The summed E-state index contributed by atoms with van der Waals surface area (Å²) in [6, 6.07) is 0. The fourth-order valence-corrected chi connectivity index (χ4v) is 2.50. The smallest absolute Gasteiger partial charge is 0.303 e. The summed E-state index contributed by atoms with van der Waals surface area (Å²) >= 11 is 0. The fraction of sp³-hybridized carbons (Fsp3) is 0.650. The van der Waals surface area contributed by atoms with Crippen molar-refractivity contribution in [3.05, 3.63) is 36.5 Å². The van der Waals surface area contributed by atoms with Crippen LogP contribution in [0.15, 0.2) is 36.5 Å². The first-order valence-electron chi connectivity index (χ1n) is 9.08. The summed E-state index contributed by atoms with van der Waals surface area (Å²) < 4.78 is 5.65. The van der Waals surface area contributed by atoms with Gasteiger partial charge in [0.1, 0.15) is 0 Å². The second kappa shape index (κ2) is 13.1. The molecular formula is C20H32O3. The van der Waals surface area contributed by atoms with E-state index in [9.17, 15) is 4.79 Å². The fourth-order valence-electron chi connectivity index (χ4n) is 2.50. The molecule has 1 aliphatic rings. The van der Waals surface area contributed by atoms with Gasteiger partial charge in [-0.25, -0.2) is 0 Å². The Hall–Kier alpha value is -1.35. The largest absolute Gasteiger partial charge is 0.481 e. The number of unbranched alkanes of at least 4 members (excludes halogenated alkanes) is 4. The molecule has 0 bridgehead atoms. The molecule has 23 heavy (non-hydrogen) atoms. The van der Waals surface area contributed by atoms with Crippen molar-refractivity contribution < 1.29 is 14.6 Å². The molecule has 0 saturated carbocycles. The topological polar surface area (TPSA) is 49.8 Å². The molecule has 3 heteroatoms. The van der Waals surface area contributed by atoms with Gasteiger partial charge in [-0.3, -0.25) is 4.79 Å². The van der Waals surface area contributed by atoms with Gasteiger partial charge in [0.2, 0.25) is 0 Å². The van der Waals surface area contributed by atoms with E-state index in [0.29, 0.717) is 12.2 Å². The van der Waals surface area contributed by atoms with Crippen LogP contribution in [0.4, 0.5) is 0 Å². The summed E-state index contributed by atoms with van der Waals surface area (Å²) in [6.45, 7) is 2.23. The van der Waals surface area contributed by atoms with E-state index in [2.05, 4.69) is 43.4 Å². The van der Waals surface area contributed by atoms with E-state index in [0.717, 1.165) is 32.1 Å². The van der Waals surface area contributed by atoms with Crippen molar-refractivity contribution >= 4 is 5.97 Å². The van der Waals surface area contributed by atoms with Crippen molar-refractivity contribution in [1.29, 1.82) is 0 Å². The van der Waals surface area contributed by atoms with E-state index in [4.69, 9.17) is 9.84 Å². The van der Waals surface area contributed by atoms with Crippen molar-refractivity contribution in [3.63, 3.8) is 0 Å². The first kappa shape index (κ1) is 19.7. The number of carbonyl (C=O) groups is 1. The first-order chi connectivity index (χ1) is 11.2. The lowest BCUT2D eigenvalue weighted by atomic mass is 10.1. The Morgan fingerprint density at radius 2 is 1.70 bits per heavy atom. The maximum atomic E-state index is 10.3. The van der Waals surface area contributed by atoms with Crippen LogP contribution in [0.1, 0.15) is 71.1 Å². The van der Waals surface area contributed by atoms with Crippen LogP contribution in [-0.2, 0) is 9.53 Å². The van der Waals surface area contributed by atoms with Crippen LogP contribution < -0.4 is 0 Å². The second-order valence-corrected chi connectivity index (χ2v) is 6.14. The van der Waals surface area contributed by atoms with Crippen molar-refractivity contribution in [2.75, 3.05) is 0 Å². The molecule has 0 radical (unpaired) electrons. The number of carboxylic acids is 1. The summed E-state index contributed by atoms with van der Waals surface area (Å²) in [6.07, 6.45) is 23.8. The van der Waals surface area contributed by atoms with E-state index in [1.54, 1.807) is 0 Å². The van der Waals surface area contributed by atoms with Crippen LogP contribution in [-0.4, -0.2) is 23.3 Å². The first-order valence-corrected chi connectivity index (χ1v) is 9.08. The Morgan fingerprint density at radius 1 is 0.957 bits per heavy atom. The van der Waals surface area contributed by atoms with E-state index in [-0.39, 0.29) is 6.42 Å². The zero-order chi connectivity index (χ0) is 16.8. The quantitative estimate of drug-likeness (QED) is 0.201. The molecule has 1 rings (SSSR count). The molecule has 130 valence electrons. The molecule has 0 aliphatic carbocycles. The van der Waals surface area contributed by atoms with Gasteiger partial charge in [-0.2, -0.15) is 0 Å². The van der Waals surface area contributed by atoms with Crippen molar-refractivity contribution in [2.24, 2.45) is 0 Å². The van der Waals surface area contributed by atoms with Crippen LogP contribution >= 0.6 is 0 Å². The van der Waals surface area contributed by atoms with E-state index in [1.807, 2.05) is 0 Å². The standard InChI is InChI=1S/C20H32O3/c1-2-3-12-15-18-19(23-18)16-13-10-8-6-4-5-7-9-11-14-17-20(21)22/h6-10,13,18-19H,2-5,11-12,14-17H2,1H3,(H,21,22)/b8-6+,9-7+,13-10+/t18-,19-/m1/s1. The molecule has 0 aromatic rings. The Bertz CT molecular complexity index is 396. The van der Waals surface area contributed by atoms with Crippen LogP contribution in [0.3, 0.4) is 0 Å². The van der Waals surface area contributed by atoms with Gasteiger partial charge in [0.15, 0.2) is 0 Å². The molecule has 3 nitrogen and oxygen atoms in total. The Kier molecular flexibility index (Phi) is 11.2. The summed E-state index contributed by atoms with van der Waals surface area (Å²) in [5, 5.41) is 8.51. The lowest BCUT2D eigenvalue weighted by Crippen LogP contribution is -1.92. The molecule has 1 N–H and O–H groups in total. The molecule has 0 unspecified atom stereocenters. The highest BCUT2D eigenvalue weighted by atomic mass is 16.6. The maximum absolute atomic E-state index is 10.3. The number of rotatable bonds is 14. The third-order valence-electron chi connectivity index (χ3n) is 3.96. The number of epoxide rings is 1. The zero-order valence-corrected chi connectivity index (χ0v) is 14.5. The summed E-state index contributed by atoms with van der Waals surface area (Å²) in [5.74, 6) is -0.711. The van der Waals surface area contributed by atoms with E-state index < -0.39 is 5.97 Å². The van der Waals surface area contributed by atoms with Crippen LogP contribution in [0.5, 0.6) is 0 Å². The van der Waals surface area contributed by atoms with E-state index in [1.165, 1.54) is 25.7 Å². The molecule has 0 amide bonds. The average molecular weight is 320 g/mol. The molecule has 1 saturated heterocycles. The lowest BCUT2D eigenvalue weighted by Gasteiger charge is -1.93. The van der Waals surface area contributed by atoms with Gasteiger partial charge < -0.3 is 9.84 Å². The van der Waals surface area contributed by atoms with Crippen LogP contribution in [0.25, 0.3) is 0 Å². The predicted molar refractivity (Wildman–Crippen MR) is 95.6 cm³/mol. The number of carboxylic acid groups (broad SMARTS) is 1. The van der Waals surface area contributed by atoms with Crippen LogP contribution in [0.2, 0.25) is 0 Å². The predicted octanol–water partition coefficient (Wildman–Crippen LogP) is 5.43. The Balaban J connectivity index is 1.90. The molecule has 0 aromatic carbocycles. The van der Waals surface area contributed by atoms with Gasteiger partial charge in [-0.1, -0.05) is 62.6 Å². The summed E-state index contributed by atoms with van der Waals surface area (Å²) in [7, 11) is 0.